The van der Waals surface area contributed by atoms with E-state index in [-0.39, 0.29) is 17.4 Å². The number of nitrogens with two attached hydrogens (primary N) is 1. The van der Waals surface area contributed by atoms with E-state index in [2.05, 4.69) is 0 Å². The molecule has 2 atom stereocenters. The maximum Gasteiger partial charge on any atom is 0.223 e. The molecule has 1 fully saturated rings. The standard InChI is InChI=1S/C10H20N2O2/c1-10(2,3)4-9(14)12-5-7(11)8(13)6-12/h7-8,13H,4-6,11H2,1-3H3/t7-,8+/m0/s1. The average Bonchev–Trinajstić information content (AvgIpc) is 2.28. The van der Waals surface area contributed by atoms with E-state index in [0.29, 0.717) is 19.5 Å². The van der Waals surface area contributed by atoms with Crippen LogP contribution < -0.4 is 5.73 Å². The van der Waals surface area contributed by atoms with Crippen LogP contribution in [-0.2, 0) is 4.79 Å². The number of nitrogens with zero attached hydrogens (tertiary/aromatic N) is 1. The quantitative estimate of drug-likeness (QED) is 0.624. The predicted molar refractivity (Wildman–Crippen MR) is 54.6 cm³/mol. The maximum atomic E-state index is 11.7. The fourth-order valence-electron chi connectivity index (χ4n) is 1.58. The molecule has 1 rings (SSSR count). The third kappa shape index (κ3) is 2.96. The van der Waals surface area contributed by atoms with Crippen molar-refractivity contribution in [3.63, 3.8) is 0 Å². The summed E-state index contributed by atoms with van der Waals surface area (Å²) >= 11 is 0. The first kappa shape index (κ1) is 11.5. The summed E-state index contributed by atoms with van der Waals surface area (Å²) in [6.07, 6.45) is -0.0502. The van der Waals surface area contributed by atoms with E-state index in [4.69, 9.17) is 5.73 Å². The number of carbonyl (C=O) groups is 1. The minimum absolute atomic E-state index is 0.00524. The molecule has 0 unspecified atom stereocenters. The number of aliphatic hydroxyl groups is 1. The Balaban J connectivity index is 2.48. The number of rotatable bonds is 1. The van der Waals surface area contributed by atoms with Gasteiger partial charge in [-0.1, -0.05) is 20.8 Å². The molecule has 1 saturated heterocycles. The molecule has 3 N–H and O–H groups in total. The number of hydrogen-bond donors (Lipinski definition) is 2. The van der Waals surface area contributed by atoms with Gasteiger partial charge in [0.1, 0.15) is 0 Å². The molecular formula is C10H20N2O2. The van der Waals surface area contributed by atoms with E-state index in [1.54, 1.807) is 4.90 Å². The smallest absolute Gasteiger partial charge is 0.223 e. The van der Waals surface area contributed by atoms with Gasteiger partial charge in [0.2, 0.25) is 5.91 Å². The number of aliphatic hydroxyl groups excluding tert-OH is 1. The number of β-amino-alcohol motifs (C(OH)–C–C–N with tert-alkyl or cyclic N) is 1. The van der Waals surface area contributed by atoms with Crippen molar-refractivity contribution in [3.05, 3.63) is 0 Å². The summed E-state index contributed by atoms with van der Waals surface area (Å²) in [5.41, 5.74) is 5.62. The molecule has 0 saturated carbocycles. The normalized spacial score (nSPS) is 28.2. The van der Waals surface area contributed by atoms with Gasteiger partial charge in [-0.3, -0.25) is 4.79 Å². The van der Waals surface area contributed by atoms with Crippen LogP contribution in [0.4, 0.5) is 0 Å². The second kappa shape index (κ2) is 3.87. The number of amides is 1. The van der Waals surface area contributed by atoms with Crippen LogP contribution in [0, 0.1) is 5.41 Å². The monoisotopic (exact) mass is 200 g/mol. The van der Waals surface area contributed by atoms with Gasteiger partial charge in [0, 0.05) is 25.6 Å². The second-order valence-corrected chi connectivity index (χ2v) is 5.27. The molecule has 1 aliphatic heterocycles. The Bertz CT molecular complexity index is 213. The largest absolute Gasteiger partial charge is 0.390 e. The maximum absolute atomic E-state index is 11.7. The third-order valence-electron chi connectivity index (χ3n) is 2.37. The first-order chi connectivity index (χ1) is 6.29. The van der Waals surface area contributed by atoms with E-state index < -0.39 is 6.10 Å². The van der Waals surface area contributed by atoms with Crippen molar-refractivity contribution in [2.24, 2.45) is 11.1 Å². The first-order valence-electron chi connectivity index (χ1n) is 5.01. The Hall–Kier alpha value is -0.610. The lowest BCUT2D eigenvalue weighted by molar-refractivity contribution is -0.132. The summed E-state index contributed by atoms with van der Waals surface area (Å²) in [4.78, 5) is 13.4. The summed E-state index contributed by atoms with van der Waals surface area (Å²) in [6.45, 7) is 6.94. The highest BCUT2D eigenvalue weighted by Crippen LogP contribution is 2.21. The van der Waals surface area contributed by atoms with Gasteiger partial charge in [-0.2, -0.15) is 0 Å². The molecular weight excluding hydrogens is 180 g/mol. The van der Waals surface area contributed by atoms with Crippen LogP contribution in [0.15, 0.2) is 0 Å². The topological polar surface area (TPSA) is 66.6 Å². The van der Waals surface area contributed by atoms with Crippen molar-refractivity contribution in [1.29, 1.82) is 0 Å². The molecule has 4 nitrogen and oxygen atoms in total. The summed E-state index contributed by atoms with van der Waals surface area (Å²) < 4.78 is 0. The zero-order valence-electron chi connectivity index (χ0n) is 9.16. The summed E-state index contributed by atoms with van der Waals surface area (Å²) in [6, 6.07) is -0.279. The lowest BCUT2D eigenvalue weighted by Crippen LogP contribution is -2.34. The molecule has 1 heterocycles. The van der Waals surface area contributed by atoms with Crippen molar-refractivity contribution >= 4 is 5.91 Å². The number of likely N-dealkylation sites (tertiary alicyclic amines) is 1. The van der Waals surface area contributed by atoms with Crippen molar-refractivity contribution in [1.82, 2.24) is 4.90 Å². The third-order valence-corrected chi connectivity index (χ3v) is 2.37. The fourth-order valence-corrected chi connectivity index (χ4v) is 1.58. The van der Waals surface area contributed by atoms with Crippen LogP contribution in [0.25, 0.3) is 0 Å². The minimum Gasteiger partial charge on any atom is -0.390 e. The van der Waals surface area contributed by atoms with Crippen molar-refractivity contribution in [2.45, 2.75) is 39.3 Å². The fraction of sp³-hybridized carbons (Fsp3) is 0.900. The van der Waals surface area contributed by atoms with E-state index >= 15 is 0 Å². The second-order valence-electron chi connectivity index (χ2n) is 5.27. The van der Waals surface area contributed by atoms with E-state index in [9.17, 15) is 9.90 Å². The average molecular weight is 200 g/mol. The van der Waals surface area contributed by atoms with Crippen LogP contribution in [0.5, 0.6) is 0 Å². The number of carbonyl (C=O) groups excluding carboxylic acids is 1. The molecule has 0 aliphatic carbocycles. The van der Waals surface area contributed by atoms with Crippen LogP contribution >= 0.6 is 0 Å². The Kier molecular flexibility index (Phi) is 3.17. The van der Waals surface area contributed by atoms with Gasteiger partial charge < -0.3 is 15.7 Å². The first-order valence-corrected chi connectivity index (χ1v) is 5.01. The molecule has 0 aromatic carbocycles. The van der Waals surface area contributed by atoms with Gasteiger partial charge in [0.05, 0.1) is 6.10 Å². The SMILES string of the molecule is CC(C)(C)CC(=O)N1C[C@@H](O)[C@@H](N)C1. The molecule has 0 aromatic rings. The molecule has 82 valence electrons. The minimum atomic E-state index is -0.557. The van der Waals surface area contributed by atoms with E-state index in [1.165, 1.54) is 0 Å². The van der Waals surface area contributed by atoms with Crippen LogP contribution in [0.2, 0.25) is 0 Å². The zero-order chi connectivity index (χ0) is 10.9. The van der Waals surface area contributed by atoms with Gasteiger partial charge in [-0.05, 0) is 5.41 Å². The Morgan fingerprint density at radius 3 is 2.43 bits per heavy atom. The number of hydrogen-bond acceptors (Lipinski definition) is 3. The highest BCUT2D eigenvalue weighted by atomic mass is 16.3. The lowest BCUT2D eigenvalue weighted by atomic mass is 9.92. The van der Waals surface area contributed by atoms with E-state index in [0.717, 1.165) is 0 Å². The highest BCUT2D eigenvalue weighted by Gasteiger charge is 2.32. The van der Waals surface area contributed by atoms with Crippen molar-refractivity contribution in [2.75, 3.05) is 13.1 Å². The van der Waals surface area contributed by atoms with Gasteiger partial charge in [0.15, 0.2) is 0 Å². The summed E-state index contributed by atoms with van der Waals surface area (Å²) in [7, 11) is 0. The molecule has 4 heteroatoms. The zero-order valence-corrected chi connectivity index (χ0v) is 9.16. The Morgan fingerprint density at radius 2 is 2.07 bits per heavy atom. The van der Waals surface area contributed by atoms with Crippen LogP contribution in [-0.4, -0.2) is 41.1 Å². The van der Waals surface area contributed by atoms with Gasteiger partial charge in [-0.25, -0.2) is 0 Å². The van der Waals surface area contributed by atoms with Crippen molar-refractivity contribution in [3.8, 4) is 0 Å². The molecule has 14 heavy (non-hydrogen) atoms. The molecule has 0 spiro atoms. The molecule has 0 bridgehead atoms. The van der Waals surface area contributed by atoms with Gasteiger partial charge >= 0.3 is 0 Å². The van der Waals surface area contributed by atoms with E-state index in [1.807, 2.05) is 20.8 Å². The van der Waals surface area contributed by atoms with Gasteiger partial charge in [0.25, 0.3) is 0 Å². The molecule has 0 radical (unpaired) electrons. The van der Waals surface area contributed by atoms with Crippen molar-refractivity contribution < 1.29 is 9.90 Å². The molecule has 1 amide bonds. The Labute approximate surface area is 85.1 Å². The predicted octanol–water partition coefficient (Wildman–Crippen LogP) is -0.0470. The lowest BCUT2D eigenvalue weighted by Gasteiger charge is -2.22. The van der Waals surface area contributed by atoms with Crippen LogP contribution in [0.3, 0.4) is 0 Å². The van der Waals surface area contributed by atoms with Crippen LogP contribution in [0.1, 0.15) is 27.2 Å². The highest BCUT2D eigenvalue weighted by molar-refractivity contribution is 5.77. The molecule has 1 aliphatic rings. The summed E-state index contributed by atoms with van der Waals surface area (Å²) in [5.74, 6) is 0.0875. The van der Waals surface area contributed by atoms with Gasteiger partial charge in [-0.15, -0.1) is 0 Å². The Morgan fingerprint density at radius 1 is 1.50 bits per heavy atom. The summed E-state index contributed by atoms with van der Waals surface area (Å²) in [5, 5.41) is 9.40. The molecule has 0 aromatic heterocycles.